The van der Waals surface area contributed by atoms with Gasteiger partial charge in [-0.25, -0.2) is 9.78 Å². The van der Waals surface area contributed by atoms with Gasteiger partial charge in [0.2, 0.25) is 0 Å². The van der Waals surface area contributed by atoms with E-state index in [4.69, 9.17) is 9.52 Å². The Hall–Kier alpha value is -1.84. The zero-order valence-corrected chi connectivity index (χ0v) is 11.2. The molecule has 2 rings (SSSR count). The van der Waals surface area contributed by atoms with Crippen LogP contribution in [-0.2, 0) is 6.42 Å². The summed E-state index contributed by atoms with van der Waals surface area (Å²) in [4.78, 5) is 15.2. The van der Waals surface area contributed by atoms with E-state index in [0.29, 0.717) is 11.5 Å². The van der Waals surface area contributed by atoms with Crippen LogP contribution in [0.1, 0.15) is 55.3 Å². The monoisotopic (exact) mass is 261 g/mol. The molecule has 0 aliphatic heterocycles. The standard InChI is InChI=1S/C15H19NO3/c1-2-3-4-5-6-7-14-16-12-9-8-11(15(17)18)10-13(12)19-14/h8-10H,2-7H2,1H3,(H,17,18). The molecule has 0 saturated carbocycles. The number of unbranched alkanes of at least 4 members (excludes halogenated alkanes) is 4. The third-order valence-corrected chi connectivity index (χ3v) is 3.17. The first-order valence-corrected chi connectivity index (χ1v) is 6.83. The maximum atomic E-state index is 10.9. The van der Waals surface area contributed by atoms with Gasteiger partial charge in [-0.1, -0.05) is 32.6 Å². The zero-order chi connectivity index (χ0) is 13.7. The van der Waals surface area contributed by atoms with E-state index in [2.05, 4.69) is 11.9 Å². The van der Waals surface area contributed by atoms with Gasteiger partial charge in [0.05, 0.1) is 5.56 Å². The fourth-order valence-electron chi connectivity index (χ4n) is 2.09. The molecule has 1 N–H and O–H groups in total. The second kappa shape index (κ2) is 6.36. The van der Waals surface area contributed by atoms with Gasteiger partial charge in [-0.15, -0.1) is 0 Å². The highest BCUT2D eigenvalue weighted by Gasteiger charge is 2.09. The number of carboxylic acids is 1. The van der Waals surface area contributed by atoms with Crippen molar-refractivity contribution >= 4 is 17.1 Å². The van der Waals surface area contributed by atoms with E-state index in [0.717, 1.165) is 18.4 Å². The topological polar surface area (TPSA) is 63.3 Å². The molecule has 0 unspecified atom stereocenters. The summed E-state index contributed by atoms with van der Waals surface area (Å²) >= 11 is 0. The third kappa shape index (κ3) is 3.56. The molecule has 0 aliphatic rings. The number of carboxylic acid groups (broad SMARTS) is 1. The minimum absolute atomic E-state index is 0.234. The fourth-order valence-corrected chi connectivity index (χ4v) is 2.09. The van der Waals surface area contributed by atoms with E-state index in [1.165, 1.54) is 31.7 Å². The predicted octanol–water partition coefficient (Wildman–Crippen LogP) is 4.04. The highest BCUT2D eigenvalue weighted by molar-refractivity contribution is 5.91. The summed E-state index contributed by atoms with van der Waals surface area (Å²) in [5.74, 6) is -0.242. The third-order valence-electron chi connectivity index (χ3n) is 3.17. The molecule has 0 spiro atoms. The molecule has 4 heteroatoms. The molecule has 1 aromatic heterocycles. The van der Waals surface area contributed by atoms with Gasteiger partial charge < -0.3 is 9.52 Å². The molecule has 2 aromatic rings. The molecule has 0 aliphatic carbocycles. The number of carbonyl (C=O) groups is 1. The average Bonchev–Trinajstić information content (AvgIpc) is 2.80. The summed E-state index contributed by atoms with van der Waals surface area (Å²) < 4.78 is 5.59. The van der Waals surface area contributed by atoms with Gasteiger partial charge >= 0.3 is 5.97 Å². The van der Waals surface area contributed by atoms with Crippen molar-refractivity contribution in [1.29, 1.82) is 0 Å². The number of nitrogens with zero attached hydrogens (tertiary/aromatic N) is 1. The van der Waals surface area contributed by atoms with Crippen molar-refractivity contribution in [3.8, 4) is 0 Å². The molecule has 1 heterocycles. The van der Waals surface area contributed by atoms with Crippen LogP contribution in [0.5, 0.6) is 0 Å². The van der Waals surface area contributed by atoms with E-state index >= 15 is 0 Å². The number of fused-ring (bicyclic) bond motifs is 1. The quantitative estimate of drug-likeness (QED) is 0.764. The fraction of sp³-hybridized carbons (Fsp3) is 0.467. The largest absolute Gasteiger partial charge is 0.478 e. The molecule has 4 nitrogen and oxygen atoms in total. The Morgan fingerprint density at radius 2 is 2.05 bits per heavy atom. The van der Waals surface area contributed by atoms with Gasteiger partial charge in [0.25, 0.3) is 0 Å². The Labute approximate surface area is 112 Å². The van der Waals surface area contributed by atoms with Gasteiger partial charge in [0.1, 0.15) is 5.52 Å². The van der Waals surface area contributed by atoms with Crippen LogP contribution in [0.2, 0.25) is 0 Å². The maximum absolute atomic E-state index is 10.9. The van der Waals surface area contributed by atoms with E-state index in [9.17, 15) is 4.79 Å². The van der Waals surface area contributed by atoms with Crippen LogP contribution in [0.3, 0.4) is 0 Å². The second-order valence-electron chi connectivity index (χ2n) is 4.76. The van der Waals surface area contributed by atoms with Gasteiger partial charge in [-0.05, 0) is 24.6 Å². The number of rotatable bonds is 7. The normalized spacial score (nSPS) is 11.0. The van der Waals surface area contributed by atoms with Gasteiger partial charge in [-0.2, -0.15) is 0 Å². The van der Waals surface area contributed by atoms with Crippen LogP contribution in [0, 0.1) is 0 Å². The molecule has 0 fully saturated rings. The van der Waals surface area contributed by atoms with Crippen molar-refractivity contribution in [2.24, 2.45) is 0 Å². The van der Waals surface area contributed by atoms with E-state index in [1.54, 1.807) is 12.1 Å². The van der Waals surface area contributed by atoms with E-state index in [1.807, 2.05) is 0 Å². The van der Waals surface area contributed by atoms with Gasteiger partial charge in [0.15, 0.2) is 11.5 Å². The summed E-state index contributed by atoms with van der Waals surface area (Å²) in [5, 5.41) is 8.91. The molecular formula is C15H19NO3. The summed E-state index contributed by atoms with van der Waals surface area (Å²) in [6.45, 7) is 2.20. The van der Waals surface area contributed by atoms with Crippen molar-refractivity contribution in [3.63, 3.8) is 0 Å². The van der Waals surface area contributed by atoms with E-state index in [-0.39, 0.29) is 5.56 Å². The van der Waals surface area contributed by atoms with Crippen molar-refractivity contribution in [3.05, 3.63) is 29.7 Å². The Morgan fingerprint density at radius 3 is 2.79 bits per heavy atom. The maximum Gasteiger partial charge on any atom is 0.335 e. The minimum atomic E-state index is -0.945. The van der Waals surface area contributed by atoms with Crippen LogP contribution in [0.4, 0.5) is 0 Å². The van der Waals surface area contributed by atoms with Crippen molar-refractivity contribution in [1.82, 2.24) is 4.98 Å². The number of benzene rings is 1. The first-order valence-electron chi connectivity index (χ1n) is 6.83. The lowest BCUT2D eigenvalue weighted by Gasteiger charge is -1.96. The van der Waals surface area contributed by atoms with E-state index < -0.39 is 5.97 Å². The number of aryl methyl sites for hydroxylation is 1. The van der Waals surface area contributed by atoms with Crippen LogP contribution in [0.15, 0.2) is 22.6 Å². The van der Waals surface area contributed by atoms with Crippen LogP contribution in [-0.4, -0.2) is 16.1 Å². The lowest BCUT2D eigenvalue weighted by molar-refractivity contribution is 0.0697. The minimum Gasteiger partial charge on any atom is -0.478 e. The van der Waals surface area contributed by atoms with Crippen LogP contribution >= 0.6 is 0 Å². The van der Waals surface area contributed by atoms with Gasteiger partial charge in [-0.3, -0.25) is 0 Å². The Kier molecular flexibility index (Phi) is 4.55. The predicted molar refractivity (Wildman–Crippen MR) is 73.4 cm³/mol. The lowest BCUT2D eigenvalue weighted by atomic mass is 10.1. The molecular weight excluding hydrogens is 242 g/mol. The summed E-state index contributed by atoms with van der Waals surface area (Å²) in [5.41, 5.74) is 1.52. The molecule has 19 heavy (non-hydrogen) atoms. The number of aromatic nitrogens is 1. The Balaban J connectivity index is 1.99. The number of hydrogen-bond donors (Lipinski definition) is 1. The summed E-state index contributed by atoms with van der Waals surface area (Å²) in [6.07, 6.45) is 6.84. The molecule has 0 radical (unpaired) electrons. The summed E-state index contributed by atoms with van der Waals surface area (Å²) in [7, 11) is 0. The average molecular weight is 261 g/mol. The highest BCUT2D eigenvalue weighted by atomic mass is 16.4. The van der Waals surface area contributed by atoms with Crippen LogP contribution < -0.4 is 0 Å². The first kappa shape index (κ1) is 13.6. The molecule has 1 aromatic carbocycles. The molecule has 0 amide bonds. The SMILES string of the molecule is CCCCCCCc1nc2ccc(C(=O)O)cc2o1. The summed E-state index contributed by atoms with van der Waals surface area (Å²) in [6, 6.07) is 4.78. The van der Waals surface area contributed by atoms with Crippen molar-refractivity contribution < 1.29 is 14.3 Å². The first-order chi connectivity index (χ1) is 9.20. The number of hydrogen-bond acceptors (Lipinski definition) is 3. The van der Waals surface area contributed by atoms with Crippen LogP contribution in [0.25, 0.3) is 11.1 Å². The molecule has 0 atom stereocenters. The van der Waals surface area contributed by atoms with Gasteiger partial charge in [0, 0.05) is 6.42 Å². The zero-order valence-electron chi connectivity index (χ0n) is 11.2. The molecule has 0 bridgehead atoms. The van der Waals surface area contributed by atoms with Crippen molar-refractivity contribution in [2.45, 2.75) is 45.4 Å². The molecule has 102 valence electrons. The lowest BCUT2D eigenvalue weighted by Crippen LogP contribution is -1.94. The Bertz CT molecular complexity index is 560. The molecule has 0 saturated heterocycles. The second-order valence-corrected chi connectivity index (χ2v) is 4.76. The number of aromatic carboxylic acids is 1. The number of oxazole rings is 1. The highest BCUT2D eigenvalue weighted by Crippen LogP contribution is 2.19. The Morgan fingerprint density at radius 1 is 1.26 bits per heavy atom. The smallest absolute Gasteiger partial charge is 0.335 e. The van der Waals surface area contributed by atoms with Crippen molar-refractivity contribution in [2.75, 3.05) is 0 Å².